The van der Waals surface area contributed by atoms with Crippen LogP contribution in [0.25, 0.3) is 0 Å². The summed E-state index contributed by atoms with van der Waals surface area (Å²) in [5.74, 6) is 0. The molecule has 15 heavy (non-hydrogen) atoms. The Balaban J connectivity index is 2.12. The van der Waals surface area contributed by atoms with Gasteiger partial charge in [0.15, 0.2) is 0 Å². The molecule has 0 spiro atoms. The smallest absolute Gasteiger partial charge is 0.0996 e. The van der Waals surface area contributed by atoms with E-state index in [1.807, 2.05) is 12.1 Å². The number of halogens is 2. The Morgan fingerprint density at radius 3 is 2.93 bits per heavy atom. The van der Waals surface area contributed by atoms with E-state index in [4.69, 9.17) is 16.3 Å². The number of nitrogens with one attached hydrogen (secondary N) is 1. The van der Waals surface area contributed by atoms with Gasteiger partial charge >= 0.3 is 0 Å². The minimum atomic E-state index is -0.472. The molecule has 1 aliphatic rings. The van der Waals surface area contributed by atoms with Gasteiger partial charge in [0.05, 0.1) is 36.1 Å². The molecule has 2 N–H and O–H groups in total. The molecule has 2 atom stereocenters. The standard InChI is InChI=1S/C10H11BrClNO2/c11-6-1-2-7(12)8(3-6)13-9-4-15-5-10(9)14/h1-3,9-10,13-14H,4-5H2. The zero-order valence-corrected chi connectivity index (χ0v) is 10.3. The van der Waals surface area contributed by atoms with E-state index in [-0.39, 0.29) is 6.04 Å². The SMILES string of the molecule is OC1COCC1Nc1cc(Br)ccc1Cl. The molecule has 1 aromatic rings. The molecular weight excluding hydrogens is 281 g/mol. The van der Waals surface area contributed by atoms with Crippen LogP contribution >= 0.6 is 27.5 Å². The summed E-state index contributed by atoms with van der Waals surface area (Å²) in [5.41, 5.74) is 0.806. The van der Waals surface area contributed by atoms with Gasteiger partial charge in [-0.25, -0.2) is 0 Å². The van der Waals surface area contributed by atoms with Crippen molar-refractivity contribution < 1.29 is 9.84 Å². The van der Waals surface area contributed by atoms with Crippen molar-refractivity contribution in [3.8, 4) is 0 Å². The third-order valence-corrected chi connectivity index (χ3v) is 3.14. The van der Waals surface area contributed by atoms with Crippen LogP contribution in [-0.2, 0) is 4.74 Å². The monoisotopic (exact) mass is 291 g/mol. The zero-order valence-electron chi connectivity index (χ0n) is 7.91. The maximum Gasteiger partial charge on any atom is 0.0996 e. The first kappa shape index (κ1) is 11.2. The Bertz CT molecular complexity index is 361. The van der Waals surface area contributed by atoms with Gasteiger partial charge < -0.3 is 15.2 Å². The van der Waals surface area contributed by atoms with Crippen LogP contribution in [0.5, 0.6) is 0 Å². The number of aliphatic hydroxyl groups is 1. The Morgan fingerprint density at radius 1 is 1.47 bits per heavy atom. The van der Waals surface area contributed by atoms with Crippen molar-refractivity contribution in [3.05, 3.63) is 27.7 Å². The van der Waals surface area contributed by atoms with Crippen molar-refractivity contribution in [2.45, 2.75) is 12.1 Å². The highest BCUT2D eigenvalue weighted by Gasteiger charge is 2.26. The van der Waals surface area contributed by atoms with Crippen LogP contribution in [0.2, 0.25) is 5.02 Å². The number of benzene rings is 1. The first-order chi connectivity index (χ1) is 7.16. The first-order valence-electron chi connectivity index (χ1n) is 4.64. The summed E-state index contributed by atoms with van der Waals surface area (Å²) in [5, 5.41) is 13.4. The minimum absolute atomic E-state index is 0.0863. The number of ether oxygens (including phenoxy) is 1. The van der Waals surface area contributed by atoms with Gasteiger partial charge in [0.1, 0.15) is 0 Å². The van der Waals surface area contributed by atoms with Crippen molar-refractivity contribution in [1.29, 1.82) is 0 Å². The molecule has 1 aromatic carbocycles. The molecular formula is C10H11BrClNO2. The lowest BCUT2D eigenvalue weighted by Crippen LogP contribution is -2.31. The summed E-state index contributed by atoms with van der Waals surface area (Å²) in [4.78, 5) is 0. The molecule has 0 amide bonds. The highest BCUT2D eigenvalue weighted by atomic mass is 79.9. The lowest BCUT2D eigenvalue weighted by atomic mass is 10.2. The van der Waals surface area contributed by atoms with Crippen molar-refractivity contribution in [3.63, 3.8) is 0 Å². The fraction of sp³-hybridized carbons (Fsp3) is 0.400. The number of aliphatic hydroxyl groups excluding tert-OH is 1. The summed E-state index contributed by atoms with van der Waals surface area (Å²) < 4.78 is 6.09. The molecule has 3 nitrogen and oxygen atoms in total. The lowest BCUT2D eigenvalue weighted by Gasteiger charge is -2.17. The van der Waals surface area contributed by atoms with Crippen molar-refractivity contribution in [2.75, 3.05) is 18.5 Å². The summed E-state index contributed by atoms with van der Waals surface area (Å²) in [6.07, 6.45) is -0.472. The zero-order chi connectivity index (χ0) is 10.8. The lowest BCUT2D eigenvalue weighted by molar-refractivity contribution is 0.125. The van der Waals surface area contributed by atoms with Crippen molar-refractivity contribution >= 4 is 33.2 Å². The van der Waals surface area contributed by atoms with Crippen LogP contribution in [0.3, 0.4) is 0 Å². The number of hydrogen-bond donors (Lipinski definition) is 2. The maximum absolute atomic E-state index is 9.57. The molecule has 0 saturated carbocycles. The van der Waals surface area contributed by atoms with Gasteiger partial charge in [0.2, 0.25) is 0 Å². The van der Waals surface area contributed by atoms with E-state index < -0.39 is 6.10 Å². The number of hydrogen-bond acceptors (Lipinski definition) is 3. The minimum Gasteiger partial charge on any atom is -0.388 e. The molecule has 1 fully saturated rings. The molecule has 1 heterocycles. The summed E-state index contributed by atoms with van der Waals surface area (Å²) in [6, 6.07) is 5.47. The number of anilines is 1. The molecule has 2 rings (SSSR count). The van der Waals surface area contributed by atoms with Crippen molar-refractivity contribution in [1.82, 2.24) is 0 Å². The average molecular weight is 293 g/mol. The van der Waals surface area contributed by atoms with Crippen molar-refractivity contribution in [2.24, 2.45) is 0 Å². The van der Waals surface area contributed by atoms with E-state index in [9.17, 15) is 5.11 Å². The average Bonchev–Trinajstić information content (AvgIpc) is 2.58. The normalized spacial score (nSPS) is 25.5. The van der Waals surface area contributed by atoms with E-state index in [0.717, 1.165) is 10.2 Å². The molecule has 0 aromatic heterocycles. The Kier molecular flexibility index (Phi) is 3.51. The van der Waals surface area contributed by atoms with Gasteiger partial charge in [-0.3, -0.25) is 0 Å². The van der Waals surface area contributed by atoms with E-state index in [1.165, 1.54) is 0 Å². The van der Waals surface area contributed by atoms with Crippen LogP contribution < -0.4 is 5.32 Å². The van der Waals surface area contributed by atoms with Crippen LogP contribution in [0.4, 0.5) is 5.69 Å². The predicted octanol–water partition coefficient (Wildman–Crippen LogP) is 2.27. The molecule has 82 valence electrons. The first-order valence-corrected chi connectivity index (χ1v) is 5.81. The molecule has 5 heteroatoms. The quantitative estimate of drug-likeness (QED) is 0.879. The van der Waals surface area contributed by atoms with Crippen LogP contribution in [0.15, 0.2) is 22.7 Å². The van der Waals surface area contributed by atoms with E-state index in [2.05, 4.69) is 21.2 Å². The fourth-order valence-electron chi connectivity index (χ4n) is 1.49. The Labute approximate surface area is 102 Å². The van der Waals surface area contributed by atoms with Gasteiger partial charge in [0, 0.05) is 4.47 Å². The molecule has 0 radical (unpaired) electrons. The highest BCUT2D eigenvalue weighted by molar-refractivity contribution is 9.10. The maximum atomic E-state index is 9.57. The van der Waals surface area contributed by atoms with Gasteiger partial charge in [-0.1, -0.05) is 27.5 Å². The second kappa shape index (κ2) is 4.70. The third kappa shape index (κ3) is 2.64. The summed E-state index contributed by atoms with van der Waals surface area (Å²) >= 11 is 9.38. The van der Waals surface area contributed by atoms with Crippen LogP contribution in [-0.4, -0.2) is 30.5 Å². The molecule has 0 aliphatic carbocycles. The van der Waals surface area contributed by atoms with E-state index in [1.54, 1.807) is 6.07 Å². The van der Waals surface area contributed by atoms with Gasteiger partial charge in [-0.2, -0.15) is 0 Å². The molecule has 1 saturated heterocycles. The fourth-order valence-corrected chi connectivity index (χ4v) is 2.02. The molecule has 1 aliphatic heterocycles. The predicted molar refractivity (Wildman–Crippen MR) is 63.4 cm³/mol. The molecule has 0 bridgehead atoms. The Hall–Kier alpha value is -0.290. The number of rotatable bonds is 2. The van der Waals surface area contributed by atoms with Gasteiger partial charge in [-0.15, -0.1) is 0 Å². The second-order valence-corrected chi connectivity index (χ2v) is 4.80. The topological polar surface area (TPSA) is 41.5 Å². The summed E-state index contributed by atoms with van der Waals surface area (Å²) in [6.45, 7) is 0.882. The van der Waals surface area contributed by atoms with Crippen LogP contribution in [0.1, 0.15) is 0 Å². The van der Waals surface area contributed by atoms with E-state index in [0.29, 0.717) is 18.2 Å². The van der Waals surface area contributed by atoms with E-state index >= 15 is 0 Å². The summed E-state index contributed by atoms with van der Waals surface area (Å²) in [7, 11) is 0. The molecule has 2 unspecified atom stereocenters. The second-order valence-electron chi connectivity index (χ2n) is 3.48. The third-order valence-electron chi connectivity index (χ3n) is 2.32. The Morgan fingerprint density at radius 2 is 2.27 bits per heavy atom. The van der Waals surface area contributed by atoms with Gasteiger partial charge in [-0.05, 0) is 18.2 Å². The van der Waals surface area contributed by atoms with Gasteiger partial charge in [0.25, 0.3) is 0 Å². The van der Waals surface area contributed by atoms with Crippen LogP contribution in [0, 0.1) is 0 Å². The highest BCUT2D eigenvalue weighted by Crippen LogP contribution is 2.27. The largest absolute Gasteiger partial charge is 0.388 e.